The fraction of sp³-hybridized carbons (Fsp3) is 0.600. The molecule has 0 bridgehead atoms. The second kappa shape index (κ2) is 7.85. The molecule has 0 aromatic heterocycles. The average Bonchev–Trinajstić information content (AvgIpc) is 2.34. The Labute approximate surface area is 120 Å². The molecule has 0 heterocycles. The maximum Gasteiger partial charge on any atom is 0.334 e. The summed E-state index contributed by atoms with van der Waals surface area (Å²) in [5.41, 5.74) is 5.46. The number of hydrogen-bond donors (Lipinski definition) is 2. The van der Waals surface area contributed by atoms with Gasteiger partial charge in [0.2, 0.25) is 0 Å². The second-order valence-corrected chi connectivity index (χ2v) is 5.64. The van der Waals surface area contributed by atoms with E-state index in [1.54, 1.807) is 13.0 Å². The van der Waals surface area contributed by atoms with Gasteiger partial charge in [0, 0.05) is 23.6 Å². The van der Waals surface area contributed by atoms with Gasteiger partial charge in [-0.25, -0.2) is 9.59 Å². The number of carboxylic acids is 1. The van der Waals surface area contributed by atoms with Crippen LogP contribution in [-0.2, 0) is 14.3 Å². The van der Waals surface area contributed by atoms with Crippen LogP contribution >= 0.6 is 0 Å². The zero-order chi connectivity index (χ0) is 15.9. The lowest BCUT2D eigenvalue weighted by Crippen LogP contribution is -2.27. The van der Waals surface area contributed by atoms with Crippen molar-refractivity contribution in [1.29, 1.82) is 0 Å². The first kappa shape index (κ1) is 18.4. The number of carbonyl (C=O) groups is 2. The topological polar surface area (TPSA) is 89.6 Å². The molecule has 1 atom stereocenters. The van der Waals surface area contributed by atoms with Crippen LogP contribution in [0, 0.1) is 11.3 Å². The normalized spacial score (nSPS) is 13.8. The highest BCUT2D eigenvalue weighted by molar-refractivity contribution is 5.90. The lowest BCUT2D eigenvalue weighted by molar-refractivity contribution is -0.139. The summed E-state index contributed by atoms with van der Waals surface area (Å²) in [4.78, 5) is 23.0. The van der Waals surface area contributed by atoms with Crippen molar-refractivity contribution >= 4 is 11.9 Å². The van der Waals surface area contributed by atoms with Crippen LogP contribution in [0.4, 0.5) is 0 Å². The molecule has 0 aliphatic carbocycles. The third-order valence-electron chi connectivity index (χ3n) is 2.95. The van der Waals surface area contributed by atoms with E-state index < -0.39 is 17.9 Å². The van der Waals surface area contributed by atoms with Gasteiger partial charge in [0.25, 0.3) is 0 Å². The maximum absolute atomic E-state index is 11.9. The molecule has 20 heavy (non-hydrogen) atoms. The number of aliphatic carboxylic acids is 1. The number of carboxylic acid groups (broad SMARTS) is 1. The van der Waals surface area contributed by atoms with Crippen molar-refractivity contribution in [3.05, 3.63) is 23.8 Å². The molecule has 0 aromatic rings. The summed E-state index contributed by atoms with van der Waals surface area (Å²) in [7, 11) is 0. The van der Waals surface area contributed by atoms with Gasteiger partial charge in [-0.05, 0) is 11.8 Å². The van der Waals surface area contributed by atoms with Crippen molar-refractivity contribution in [3.8, 4) is 0 Å². The number of nitrogens with two attached hydrogens (primary N) is 1. The SMILES string of the molecule is C=C(C(=O)OCCN)C(C=C(CC)C(=O)O)C(C)(C)C. The molecule has 5 nitrogen and oxygen atoms in total. The Morgan fingerprint density at radius 2 is 1.95 bits per heavy atom. The van der Waals surface area contributed by atoms with E-state index >= 15 is 0 Å². The highest BCUT2D eigenvalue weighted by Gasteiger charge is 2.30. The molecule has 0 aliphatic heterocycles. The molecule has 0 aliphatic rings. The summed E-state index contributed by atoms with van der Waals surface area (Å²) in [6, 6.07) is 0. The largest absolute Gasteiger partial charge is 0.478 e. The Bertz CT molecular complexity index is 405. The van der Waals surface area contributed by atoms with E-state index in [2.05, 4.69) is 6.58 Å². The molecule has 5 heteroatoms. The maximum atomic E-state index is 11.9. The van der Waals surface area contributed by atoms with Crippen LogP contribution in [0.3, 0.4) is 0 Å². The molecule has 0 fully saturated rings. The Morgan fingerprint density at radius 1 is 1.40 bits per heavy atom. The van der Waals surface area contributed by atoms with Gasteiger partial charge in [-0.2, -0.15) is 0 Å². The second-order valence-electron chi connectivity index (χ2n) is 5.64. The van der Waals surface area contributed by atoms with E-state index in [4.69, 9.17) is 15.6 Å². The summed E-state index contributed by atoms with van der Waals surface area (Å²) in [5, 5.41) is 9.12. The summed E-state index contributed by atoms with van der Waals surface area (Å²) in [6.45, 7) is 11.7. The van der Waals surface area contributed by atoms with Crippen LogP contribution in [0.25, 0.3) is 0 Å². The van der Waals surface area contributed by atoms with E-state index in [0.717, 1.165) is 0 Å². The van der Waals surface area contributed by atoms with Gasteiger partial charge in [0.15, 0.2) is 0 Å². The van der Waals surface area contributed by atoms with E-state index in [1.807, 2.05) is 20.8 Å². The Hall–Kier alpha value is -1.62. The number of rotatable bonds is 7. The van der Waals surface area contributed by atoms with E-state index in [0.29, 0.717) is 6.42 Å². The summed E-state index contributed by atoms with van der Waals surface area (Å²) >= 11 is 0. The molecule has 1 unspecified atom stereocenters. The molecule has 0 spiro atoms. The van der Waals surface area contributed by atoms with Crippen molar-refractivity contribution in [2.24, 2.45) is 17.1 Å². The van der Waals surface area contributed by atoms with Crippen molar-refractivity contribution in [1.82, 2.24) is 0 Å². The summed E-state index contributed by atoms with van der Waals surface area (Å²) < 4.78 is 4.96. The molecule has 0 aromatic carbocycles. The van der Waals surface area contributed by atoms with Gasteiger partial charge in [0.05, 0.1) is 0 Å². The number of ether oxygens (including phenoxy) is 1. The minimum absolute atomic E-state index is 0.123. The molecule has 114 valence electrons. The van der Waals surface area contributed by atoms with Crippen molar-refractivity contribution < 1.29 is 19.4 Å². The lowest BCUT2D eigenvalue weighted by atomic mass is 9.75. The molecule has 0 saturated carbocycles. The van der Waals surface area contributed by atoms with Gasteiger partial charge < -0.3 is 15.6 Å². The standard InChI is InChI=1S/C15H25NO4/c1-6-11(13(17)18)9-12(15(3,4)5)10(2)14(19)20-8-7-16/h9,12H,2,6-8,16H2,1,3-5H3,(H,17,18). The molecule has 0 saturated heterocycles. The van der Waals surface area contributed by atoms with Crippen LogP contribution < -0.4 is 5.73 Å². The zero-order valence-electron chi connectivity index (χ0n) is 12.7. The molecular weight excluding hydrogens is 258 g/mol. The van der Waals surface area contributed by atoms with E-state index in [9.17, 15) is 9.59 Å². The number of carbonyl (C=O) groups excluding carboxylic acids is 1. The Balaban J connectivity index is 5.33. The van der Waals surface area contributed by atoms with Gasteiger partial charge in [-0.3, -0.25) is 0 Å². The van der Waals surface area contributed by atoms with E-state index in [1.165, 1.54) is 0 Å². The van der Waals surface area contributed by atoms with Gasteiger partial charge in [0.1, 0.15) is 6.61 Å². The third-order valence-corrected chi connectivity index (χ3v) is 2.95. The van der Waals surface area contributed by atoms with Gasteiger partial charge >= 0.3 is 11.9 Å². The van der Waals surface area contributed by atoms with Crippen LogP contribution in [0.1, 0.15) is 34.1 Å². The monoisotopic (exact) mass is 283 g/mol. The average molecular weight is 283 g/mol. The number of hydrogen-bond acceptors (Lipinski definition) is 4. The quantitative estimate of drug-likeness (QED) is 0.552. The molecule has 0 radical (unpaired) electrons. The van der Waals surface area contributed by atoms with Gasteiger partial charge in [-0.1, -0.05) is 40.3 Å². The fourth-order valence-corrected chi connectivity index (χ4v) is 1.79. The number of esters is 1. The summed E-state index contributed by atoms with van der Waals surface area (Å²) in [5.74, 6) is -1.92. The van der Waals surface area contributed by atoms with E-state index in [-0.39, 0.29) is 29.7 Å². The van der Waals surface area contributed by atoms with Gasteiger partial charge in [-0.15, -0.1) is 0 Å². The van der Waals surface area contributed by atoms with Crippen molar-refractivity contribution in [2.45, 2.75) is 34.1 Å². The molecular formula is C15H25NO4. The minimum Gasteiger partial charge on any atom is -0.478 e. The minimum atomic E-state index is -0.982. The lowest BCUT2D eigenvalue weighted by Gasteiger charge is -2.29. The first-order valence-electron chi connectivity index (χ1n) is 6.65. The first-order chi connectivity index (χ1) is 9.15. The molecule has 0 amide bonds. The van der Waals surface area contributed by atoms with Crippen LogP contribution in [0.5, 0.6) is 0 Å². The summed E-state index contributed by atoms with van der Waals surface area (Å²) in [6.07, 6.45) is 1.97. The van der Waals surface area contributed by atoms with Crippen LogP contribution in [0.15, 0.2) is 23.8 Å². The Morgan fingerprint density at radius 3 is 2.30 bits per heavy atom. The number of allylic oxidation sites excluding steroid dienone is 1. The fourth-order valence-electron chi connectivity index (χ4n) is 1.79. The third kappa shape index (κ3) is 5.57. The van der Waals surface area contributed by atoms with Crippen LogP contribution in [-0.4, -0.2) is 30.2 Å². The smallest absolute Gasteiger partial charge is 0.334 e. The molecule has 3 N–H and O–H groups in total. The first-order valence-corrected chi connectivity index (χ1v) is 6.65. The Kier molecular flexibility index (Phi) is 7.21. The van der Waals surface area contributed by atoms with Crippen molar-refractivity contribution in [3.63, 3.8) is 0 Å². The zero-order valence-corrected chi connectivity index (χ0v) is 12.7. The van der Waals surface area contributed by atoms with Crippen LogP contribution in [0.2, 0.25) is 0 Å². The predicted octanol–water partition coefficient (Wildman–Crippen LogP) is 2.13. The highest BCUT2D eigenvalue weighted by atomic mass is 16.5. The highest BCUT2D eigenvalue weighted by Crippen LogP contribution is 2.34. The van der Waals surface area contributed by atoms with Crippen molar-refractivity contribution in [2.75, 3.05) is 13.2 Å². The predicted molar refractivity (Wildman–Crippen MR) is 78.1 cm³/mol. The molecule has 0 rings (SSSR count).